The third-order valence-electron chi connectivity index (χ3n) is 10.8. The van der Waals surface area contributed by atoms with Gasteiger partial charge in [0.25, 0.3) is 0 Å². The van der Waals surface area contributed by atoms with Crippen LogP contribution in [0.25, 0.3) is 89.4 Å². The van der Waals surface area contributed by atoms with Crippen molar-refractivity contribution in [2.75, 3.05) is 0 Å². The minimum absolute atomic E-state index is 1.01. The highest BCUT2D eigenvalue weighted by Gasteiger charge is 2.21. The number of hydrogen-bond donors (Lipinski definition) is 0. The molecule has 7 aromatic rings. The first-order valence-electron chi connectivity index (χ1n) is 18.8. The van der Waals surface area contributed by atoms with Crippen molar-refractivity contribution in [3.8, 4) is 44.5 Å². The molecule has 0 aliphatic carbocycles. The molecule has 0 unspecified atom stereocenters. The predicted molar refractivity (Wildman–Crippen MR) is 245 cm³/mol. The Hall–Kier alpha value is -6.76. The zero-order valence-corrected chi connectivity index (χ0v) is 32.1. The Morgan fingerprint density at radius 3 is 1.64 bits per heavy atom. The number of fused-ring (bicyclic) bond motifs is 2. The fraction of sp³-hybridized carbons (Fsp3) is 0.0545. The summed E-state index contributed by atoms with van der Waals surface area (Å²) in [5.41, 5.74) is 18.2. The molecule has 0 fully saturated rings. The molecule has 0 radical (unpaired) electrons. The topological polar surface area (TPSA) is 0 Å². The lowest BCUT2D eigenvalue weighted by molar-refractivity contribution is 1.43. The average Bonchev–Trinajstić information content (AvgIpc) is 3.22. The lowest BCUT2D eigenvalue weighted by atomic mass is 9.82. The Labute approximate surface area is 326 Å². The van der Waals surface area contributed by atoms with Gasteiger partial charge in [-0.05, 0) is 162 Å². The van der Waals surface area contributed by atoms with E-state index >= 15 is 0 Å². The molecule has 0 saturated carbocycles. The molecule has 0 heteroatoms. The second-order valence-electron chi connectivity index (χ2n) is 13.9. The van der Waals surface area contributed by atoms with Gasteiger partial charge in [-0.1, -0.05) is 166 Å². The van der Waals surface area contributed by atoms with Crippen molar-refractivity contribution >= 4 is 44.8 Å². The Morgan fingerprint density at radius 1 is 0.473 bits per heavy atom. The van der Waals surface area contributed by atoms with Crippen LogP contribution in [0.1, 0.15) is 40.3 Å². The summed E-state index contributed by atoms with van der Waals surface area (Å²) in [6, 6.07) is 44.4. The van der Waals surface area contributed by atoms with Crippen LogP contribution in [0.15, 0.2) is 185 Å². The number of hydrogen-bond acceptors (Lipinski definition) is 0. The van der Waals surface area contributed by atoms with E-state index in [4.69, 9.17) is 0 Å². The van der Waals surface area contributed by atoms with E-state index < -0.39 is 0 Å². The number of benzene rings is 7. The van der Waals surface area contributed by atoms with Gasteiger partial charge in [-0.3, -0.25) is 0 Å². The van der Waals surface area contributed by atoms with Crippen LogP contribution in [0.4, 0.5) is 0 Å². The van der Waals surface area contributed by atoms with Gasteiger partial charge in [-0.25, -0.2) is 0 Å². The fourth-order valence-corrected chi connectivity index (χ4v) is 8.10. The van der Waals surface area contributed by atoms with E-state index in [1.165, 1.54) is 38.8 Å². The zero-order chi connectivity index (χ0) is 38.6. The molecule has 55 heavy (non-hydrogen) atoms. The minimum Gasteiger partial charge on any atom is -0.0990 e. The first kappa shape index (κ1) is 36.6. The molecule has 0 bridgehead atoms. The van der Waals surface area contributed by atoms with Crippen LogP contribution >= 0.6 is 0 Å². The van der Waals surface area contributed by atoms with Gasteiger partial charge in [0.2, 0.25) is 0 Å². The molecule has 0 atom stereocenters. The predicted octanol–water partition coefficient (Wildman–Crippen LogP) is 15.9. The molecule has 0 heterocycles. The van der Waals surface area contributed by atoms with E-state index in [1.807, 2.05) is 36.5 Å². The van der Waals surface area contributed by atoms with E-state index in [9.17, 15) is 0 Å². The van der Waals surface area contributed by atoms with Gasteiger partial charge >= 0.3 is 0 Å². The van der Waals surface area contributed by atoms with Crippen LogP contribution in [0, 0.1) is 13.8 Å². The van der Waals surface area contributed by atoms with Crippen molar-refractivity contribution in [1.82, 2.24) is 0 Å². The largest absolute Gasteiger partial charge is 0.0990 e. The maximum Gasteiger partial charge on any atom is -0.00257 e. The Bertz CT molecular complexity index is 2670. The van der Waals surface area contributed by atoms with Gasteiger partial charge in [0.15, 0.2) is 0 Å². The second kappa shape index (κ2) is 15.7. The first-order chi connectivity index (χ1) is 26.8. The van der Waals surface area contributed by atoms with Crippen molar-refractivity contribution in [2.24, 2.45) is 0 Å². The highest BCUT2D eigenvalue weighted by molar-refractivity contribution is 6.21. The van der Waals surface area contributed by atoms with E-state index in [-0.39, 0.29) is 0 Å². The van der Waals surface area contributed by atoms with Crippen molar-refractivity contribution in [3.05, 3.63) is 218 Å². The van der Waals surface area contributed by atoms with Crippen molar-refractivity contribution < 1.29 is 0 Å². The molecule has 0 spiro atoms. The summed E-state index contributed by atoms with van der Waals surface area (Å²) in [7, 11) is 0. The summed E-state index contributed by atoms with van der Waals surface area (Å²) in [6.45, 7) is 27.3. The van der Waals surface area contributed by atoms with Gasteiger partial charge in [0, 0.05) is 0 Å². The third-order valence-corrected chi connectivity index (χ3v) is 10.8. The molecule has 0 aliphatic rings. The molecule has 0 saturated heterocycles. The molecule has 0 amide bonds. The molecule has 0 N–H and O–H groups in total. The van der Waals surface area contributed by atoms with Gasteiger partial charge in [-0.2, -0.15) is 0 Å². The second-order valence-corrected chi connectivity index (χ2v) is 13.9. The standard InChI is InChI=1S/C55H46/c1-9-20-39(12-4)41-27-29-50-53(34-41)55(51-30-28-42(40-23-16-15-17-24-40)35-52(51)54(50)38(10-2)11-3)45-32-43(48-25-18-21-36(7)46(48)13-5)31-44(33-45)49-26-19-22-37(8)47(49)14-6/h9-35H,1-2,4-6H2,3,7-8H3/b38-11+,39-20+. The zero-order valence-electron chi connectivity index (χ0n) is 32.1. The van der Waals surface area contributed by atoms with E-state index in [0.717, 1.165) is 71.8 Å². The van der Waals surface area contributed by atoms with Crippen LogP contribution in [0.3, 0.4) is 0 Å². The maximum absolute atomic E-state index is 4.29. The monoisotopic (exact) mass is 706 g/mol. The quantitative estimate of drug-likeness (QED) is 0.0928. The molecule has 0 aromatic heterocycles. The van der Waals surface area contributed by atoms with E-state index in [0.29, 0.717) is 0 Å². The van der Waals surface area contributed by atoms with Gasteiger partial charge < -0.3 is 0 Å². The van der Waals surface area contributed by atoms with Crippen molar-refractivity contribution in [2.45, 2.75) is 20.8 Å². The summed E-state index contributed by atoms with van der Waals surface area (Å²) in [4.78, 5) is 0. The maximum atomic E-state index is 4.29. The molecule has 0 aliphatic heterocycles. The Balaban J connectivity index is 1.70. The number of allylic oxidation sites excluding steroid dienone is 7. The van der Waals surface area contributed by atoms with Crippen molar-refractivity contribution in [3.63, 3.8) is 0 Å². The first-order valence-corrected chi connectivity index (χ1v) is 18.8. The van der Waals surface area contributed by atoms with Gasteiger partial charge in [-0.15, -0.1) is 0 Å². The van der Waals surface area contributed by atoms with Crippen LogP contribution < -0.4 is 0 Å². The van der Waals surface area contributed by atoms with Crippen LogP contribution in [-0.2, 0) is 0 Å². The summed E-state index contributed by atoms with van der Waals surface area (Å²) in [5.74, 6) is 0. The Kier molecular flexibility index (Phi) is 10.4. The number of aryl methyl sites for hydroxylation is 2. The third kappa shape index (κ3) is 6.69. The summed E-state index contributed by atoms with van der Waals surface area (Å²) >= 11 is 0. The Morgan fingerprint density at radius 2 is 1.07 bits per heavy atom. The fourth-order valence-electron chi connectivity index (χ4n) is 8.10. The van der Waals surface area contributed by atoms with Crippen molar-refractivity contribution in [1.29, 1.82) is 0 Å². The van der Waals surface area contributed by atoms with Crippen LogP contribution in [-0.4, -0.2) is 0 Å². The van der Waals surface area contributed by atoms with Gasteiger partial charge in [0.05, 0.1) is 0 Å². The molecular weight excluding hydrogens is 661 g/mol. The lowest BCUT2D eigenvalue weighted by Crippen LogP contribution is -1.96. The molecule has 7 rings (SSSR count). The normalized spacial score (nSPS) is 11.8. The summed E-state index contributed by atoms with van der Waals surface area (Å²) < 4.78 is 0. The van der Waals surface area contributed by atoms with Gasteiger partial charge in [0.1, 0.15) is 0 Å². The molecule has 0 nitrogen and oxygen atoms in total. The minimum atomic E-state index is 1.01. The SMILES string of the molecule is C=C/C=C(\C=C)c1ccc2c(/C(C=C)=C/C)c3cc(-c4ccccc4)ccc3c(-c3cc(-c4cccc(C)c4C=C)cc(-c4cccc(C)c4C=C)c3)c2c1. The highest BCUT2D eigenvalue weighted by atomic mass is 14.2. The number of rotatable bonds is 11. The molecule has 7 aromatic carbocycles. The highest BCUT2D eigenvalue weighted by Crippen LogP contribution is 2.46. The van der Waals surface area contributed by atoms with E-state index in [1.54, 1.807) is 0 Å². The van der Waals surface area contributed by atoms with Crippen LogP contribution in [0.5, 0.6) is 0 Å². The smallest absolute Gasteiger partial charge is 0.00257 e. The summed E-state index contributed by atoms with van der Waals surface area (Å²) in [6.07, 6.45) is 13.8. The molecular formula is C55H46. The van der Waals surface area contributed by atoms with Crippen LogP contribution in [0.2, 0.25) is 0 Å². The van der Waals surface area contributed by atoms with E-state index in [2.05, 4.69) is 181 Å². The average molecular weight is 707 g/mol. The summed E-state index contributed by atoms with van der Waals surface area (Å²) in [5, 5.41) is 4.64. The molecule has 266 valence electrons. The lowest BCUT2D eigenvalue weighted by Gasteiger charge is -2.22.